The minimum atomic E-state index is -0.626. The van der Waals surface area contributed by atoms with Crippen LogP contribution in [0.5, 0.6) is 5.75 Å². The van der Waals surface area contributed by atoms with Crippen LogP contribution in [0.2, 0.25) is 0 Å². The molecule has 1 saturated carbocycles. The number of benzene rings is 2. The van der Waals surface area contributed by atoms with E-state index in [1.54, 1.807) is 0 Å². The molecular weight excluding hydrogens is 302 g/mol. The summed E-state index contributed by atoms with van der Waals surface area (Å²) in [7, 11) is 0. The van der Waals surface area contributed by atoms with E-state index in [0.29, 0.717) is 12.3 Å². The van der Waals surface area contributed by atoms with E-state index in [2.05, 4.69) is 4.99 Å². The van der Waals surface area contributed by atoms with Crippen LogP contribution >= 0.6 is 0 Å². The SMILES string of the molecule is NC(N)=NCC1(C(=O)Oc2cccc3ccccc23)CCCCC1. The molecule has 2 aromatic rings. The molecule has 0 amide bonds. The Morgan fingerprint density at radius 1 is 1.04 bits per heavy atom. The van der Waals surface area contributed by atoms with E-state index >= 15 is 0 Å². The molecule has 3 rings (SSSR count). The molecule has 0 bridgehead atoms. The molecule has 0 saturated heterocycles. The Labute approximate surface area is 141 Å². The van der Waals surface area contributed by atoms with Crippen LogP contribution in [0.1, 0.15) is 32.1 Å². The third-order valence-corrected chi connectivity index (χ3v) is 4.76. The van der Waals surface area contributed by atoms with Gasteiger partial charge in [0, 0.05) is 5.39 Å². The topological polar surface area (TPSA) is 90.7 Å². The summed E-state index contributed by atoms with van der Waals surface area (Å²) < 4.78 is 5.81. The molecule has 0 aromatic heterocycles. The molecule has 5 nitrogen and oxygen atoms in total. The summed E-state index contributed by atoms with van der Waals surface area (Å²) >= 11 is 0. The molecule has 1 fully saturated rings. The Kier molecular flexibility index (Phi) is 4.69. The number of rotatable bonds is 4. The van der Waals surface area contributed by atoms with Crippen molar-refractivity contribution >= 4 is 22.7 Å². The summed E-state index contributed by atoms with van der Waals surface area (Å²) in [5.41, 5.74) is 10.3. The number of hydrogen-bond acceptors (Lipinski definition) is 3. The van der Waals surface area contributed by atoms with Crippen LogP contribution in [0.15, 0.2) is 47.5 Å². The van der Waals surface area contributed by atoms with Crippen LogP contribution in [-0.2, 0) is 4.79 Å². The average molecular weight is 325 g/mol. The largest absolute Gasteiger partial charge is 0.425 e. The lowest BCUT2D eigenvalue weighted by molar-refractivity contribution is -0.147. The molecule has 0 atom stereocenters. The molecule has 0 aliphatic heterocycles. The number of nitrogens with two attached hydrogens (primary N) is 2. The summed E-state index contributed by atoms with van der Waals surface area (Å²) in [5, 5.41) is 1.98. The third-order valence-electron chi connectivity index (χ3n) is 4.76. The predicted octanol–water partition coefficient (Wildman–Crippen LogP) is 2.97. The van der Waals surface area contributed by atoms with Crippen molar-refractivity contribution in [3.63, 3.8) is 0 Å². The molecule has 0 heterocycles. The quantitative estimate of drug-likeness (QED) is 0.391. The van der Waals surface area contributed by atoms with Crippen molar-refractivity contribution in [2.45, 2.75) is 32.1 Å². The monoisotopic (exact) mass is 325 g/mol. The van der Waals surface area contributed by atoms with Crippen molar-refractivity contribution in [2.24, 2.45) is 21.9 Å². The summed E-state index contributed by atoms with van der Waals surface area (Å²) in [6.07, 6.45) is 4.63. The minimum absolute atomic E-state index is 0.0120. The fraction of sp³-hybridized carbons (Fsp3) is 0.368. The number of carbonyl (C=O) groups excluding carboxylic acids is 1. The van der Waals surface area contributed by atoms with E-state index in [-0.39, 0.29) is 11.9 Å². The fourth-order valence-corrected chi connectivity index (χ4v) is 3.39. The third kappa shape index (κ3) is 3.35. The number of ether oxygens (including phenoxy) is 1. The second-order valence-corrected chi connectivity index (χ2v) is 6.45. The van der Waals surface area contributed by atoms with Gasteiger partial charge in [0.1, 0.15) is 5.75 Å². The van der Waals surface area contributed by atoms with Crippen LogP contribution in [0.3, 0.4) is 0 Å². The normalized spacial score (nSPS) is 16.5. The van der Waals surface area contributed by atoms with Crippen LogP contribution in [0, 0.1) is 5.41 Å². The van der Waals surface area contributed by atoms with E-state index in [4.69, 9.17) is 16.2 Å². The van der Waals surface area contributed by atoms with E-state index in [0.717, 1.165) is 42.9 Å². The first-order valence-electron chi connectivity index (χ1n) is 8.36. The molecule has 1 aliphatic carbocycles. The molecule has 126 valence electrons. The Balaban J connectivity index is 1.88. The van der Waals surface area contributed by atoms with Gasteiger partial charge in [-0.05, 0) is 24.3 Å². The van der Waals surface area contributed by atoms with E-state index < -0.39 is 5.41 Å². The van der Waals surface area contributed by atoms with E-state index in [9.17, 15) is 4.79 Å². The van der Waals surface area contributed by atoms with Gasteiger partial charge < -0.3 is 16.2 Å². The molecule has 4 N–H and O–H groups in total. The van der Waals surface area contributed by atoms with Crippen molar-refractivity contribution in [1.29, 1.82) is 0 Å². The maximum atomic E-state index is 13.0. The lowest BCUT2D eigenvalue weighted by Gasteiger charge is -2.33. The maximum Gasteiger partial charge on any atom is 0.319 e. The fourth-order valence-electron chi connectivity index (χ4n) is 3.39. The Morgan fingerprint density at radius 2 is 1.75 bits per heavy atom. The molecule has 2 aromatic carbocycles. The van der Waals surface area contributed by atoms with Gasteiger partial charge in [0.15, 0.2) is 5.96 Å². The predicted molar refractivity (Wildman–Crippen MR) is 95.8 cm³/mol. The average Bonchev–Trinajstić information content (AvgIpc) is 2.61. The zero-order valence-electron chi connectivity index (χ0n) is 13.7. The second kappa shape index (κ2) is 6.91. The van der Waals surface area contributed by atoms with Crippen LogP contribution in [0.25, 0.3) is 10.8 Å². The highest BCUT2D eigenvalue weighted by Gasteiger charge is 2.41. The van der Waals surface area contributed by atoms with Crippen LogP contribution < -0.4 is 16.2 Å². The van der Waals surface area contributed by atoms with Crippen molar-refractivity contribution in [3.8, 4) is 5.75 Å². The van der Waals surface area contributed by atoms with Gasteiger partial charge in [-0.25, -0.2) is 0 Å². The molecule has 0 spiro atoms. The number of hydrogen-bond donors (Lipinski definition) is 2. The molecule has 5 heteroatoms. The zero-order valence-corrected chi connectivity index (χ0v) is 13.7. The van der Waals surface area contributed by atoms with E-state index in [1.807, 2.05) is 42.5 Å². The Bertz CT molecular complexity index is 755. The number of guanidine groups is 1. The molecule has 0 radical (unpaired) electrons. The standard InChI is InChI=1S/C19H23N3O2/c20-18(21)22-13-19(11-4-1-5-12-19)17(23)24-16-10-6-8-14-7-2-3-9-15(14)16/h2-3,6-10H,1,4-5,11-13H2,(H4,20,21,22). The highest BCUT2D eigenvalue weighted by Crippen LogP contribution is 2.39. The second-order valence-electron chi connectivity index (χ2n) is 6.45. The first-order chi connectivity index (χ1) is 11.6. The Morgan fingerprint density at radius 3 is 2.50 bits per heavy atom. The molecule has 1 aliphatic rings. The van der Waals surface area contributed by atoms with Gasteiger partial charge in [-0.1, -0.05) is 55.7 Å². The van der Waals surface area contributed by atoms with Gasteiger partial charge >= 0.3 is 5.97 Å². The molecular formula is C19H23N3O2. The van der Waals surface area contributed by atoms with Gasteiger partial charge in [-0.2, -0.15) is 0 Å². The van der Waals surface area contributed by atoms with E-state index in [1.165, 1.54) is 0 Å². The number of carbonyl (C=O) groups is 1. The number of fused-ring (bicyclic) bond motifs is 1. The highest BCUT2D eigenvalue weighted by atomic mass is 16.5. The molecule has 0 unspecified atom stereocenters. The zero-order chi connectivity index (χ0) is 17.0. The number of nitrogens with zero attached hydrogens (tertiary/aromatic N) is 1. The maximum absolute atomic E-state index is 13.0. The van der Waals surface area contributed by atoms with Gasteiger partial charge in [-0.3, -0.25) is 9.79 Å². The Hall–Kier alpha value is -2.56. The first kappa shape index (κ1) is 16.3. The van der Waals surface area contributed by atoms with Crippen molar-refractivity contribution in [2.75, 3.05) is 6.54 Å². The lowest BCUT2D eigenvalue weighted by Crippen LogP contribution is -2.40. The molecule has 24 heavy (non-hydrogen) atoms. The summed E-state index contributed by atoms with van der Waals surface area (Å²) in [6.45, 7) is 0.291. The lowest BCUT2D eigenvalue weighted by atomic mass is 9.74. The van der Waals surface area contributed by atoms with Gasteiger partial charge in [-0.15, -0.1) is 0 Å². The van der Waals surface area contributed by atoms with Gasteiger partial charge in [0.05, 0.1) is 12.0 Å². The number of esters is 1. The van der Waals surface area contributed by atoms with Crippen LogP contribution in [-0.4, -0.2) is 18.5 Å². The highest BCUT2D eigenvalue weighted by molar-refractivity contribution is 5.91. The van der Waals surface area contributed by atoms with Crippen molar-refractivity contribution in [3.05, 3.63) is 42.5 Å². The smallest absolute Gasteiger partial charge is 0.319 e. The van der Waals surface area contributed by atoms with Crippen molar-refractivity contribution in [1.82, 2.24) is 0 Å². The van der Waals surface area contributed by atoms with Gasteiger partial charge in [0.25, 0.3) is 0 Å². The minimum Gasteiger partial charge on any atom is -0.425 e. The number of aliphatic imine (C=N–C) groups is 1. The summed E-state index contributed by atoms with van der Waals surface area (Å²) in [4.78, 5) is 17.1. The van der Waals surface area contributed by atoms with Gasteiger partial charge in [0.2, 0.25) is 0 Å². The van der Waals surface area contributed by atoms with Crippen molar-refractivity contribution < 1.29 is 9.53 Å². The van der Waals surface area contributed by atoms with Crippen LogP contribution in [0.4, 0.5) is 0 Å². The summed E-state index contributed by atoms with van der Waals surface area (Å²) in [6, 6.07) is 13.6. The first-order valence-corrected chi connectivity index (χ1v) is 8.36. The summed E-state index contributed by atoms with van der Waals surface area (Å²) in [5.74, 6) is 0.370.